The zero-order valence-electron chi connectivity index (χ0n) is 10.7. The minimum atomic E-state index is -0.966. The number of aliphatic hydroxyl groups excluding tert-OH is 2. The molecule has 3 rings (SSSR count). The lowest BCUT2D eigenvalue weighted by molar-refractivity contribution is -0.202. The van der Waals surface area contributed by atoms with Crippen molar-refractivity contribution >= 4 is 5.97 Å². The topological polar surface area (TPSA) is 88.5 Å². The molecule has 19 heavy (non-hydrogen) atoms. The smallest absolute Gasteiger partial charge is 0.377 e. The van der Waals surface area contributed by atoms with E-state index in [2.05, 4.69) is 4.90 Å². The number of esters is 1. The van der Waals surface area contributed by atoms with E-state index in [0.717, 1.165) is 25.9 Å². The number of likely N-dealkylation sites (tertiary alicyclic amines) is 1. The molecule has 7 nitrogen and oxygen atoms in total. The standard InChI is InChI=1S/C12H17NO6/c1-13-4-2-12(3-5-13)17-6-7(19-12)10-8(14)9(15)11(16)18-10/h7,10,14-15H,2-6H2,1H3. The van der Waals surface area contributed by atoms with Crippen LogP contribution in [0, 0.1) is 0 Å². The molecule has 0 saturated carbocycles. The van der Waals surface area contributed by atoms with Crippen molar-refractivity contribution in [2.24, 2.45) is 0 Å². The first-order valence-electron chi connectivity index (χ1n) is 6.34. The fourth-order valence-corrected chi connectivity index (χ4v) is 2.67. The zero-order chi connectivity index (χ0) is 13.6. The molecular formula is C12H17NO6. The Morgan fingerprint density at radius 1 is 1.32 bits per heavy atom. The second-order valence-corrected chi connectivity index (χ2v) is 5.24. The summed E-state index contributed by atoms with van der Waals surface area (Å²) in [6.45, 7) is 1.97. The van der Waals surface area contributed by atoms with Crippen LogP contribution >= 0.6 is 0 Å². The van der Waals surface area contributed by atoms with Crippen LogP contribution < -0.4 is 0 Å². The fraction of sp³-hybridized carbons (Fsp3) is 0.750. The van der Waals surface area contributed by atoms with Crippen LogP contribution in [0.15, 0.2) is 11.5 Å². The van der Waals surface area contributed by atoms with Crippen molar-refractivity contribution in [3.05, 3.63) is 11.5 Å². The Balaban J connectivity index is 1.68. The molecule has 0 radical (unpaired) electrons. The van der Waals surface area contributed by atoms with Crippen LogP contribution in [0.25, 0.3) is 0 Å². The lowest BCUT2D eigenvalue weighted by Gasteiger charge is -2.36. The molecule has 2 saturated heterocycles. The van der Waals surface area contributed by atoms with Gasteiger partial charge in [0.15, 0.2) is 17.7 Å². The largest absolute Gasteiger partial charge is 0.505 e. The summed E-state index contributed by atoms with van der Waals surface area (Å²) in [7, 11) is 2.03. The van der Waals surface area contributed by atoms with Crippen LogP contribution in [-0.2, 0) is 19.0 Å². The minimum absolute atomic E-state index is 0.235. The van der Waals surface area contributed by atoms with Gasteiger partial charge in [-0.25, -0.2) is 4.79 Å². The van der Waals surface area contributed by atoms with Crippen molar-refractivity contribution in [1.29, 1.82) is 0 Å². The molecule has 0 bridgehead atoms. The summed E-state index contributed by atoms with van der Waals surface area (Å²) in [5.74, 6) is -2.78. The van der Waals surface area contributed by atoms with E-state index in [1.165, 1.54) is 0 Å². The monoisotopic (exact) mass is 271 g/mol. The van der Waals surface area contributed by atoms with Crippen molar-refractivity contribution in [3.63, 3.8) is 0 Å². The zero-order valence-corrected chi connectivity index (χ0v) is 10.7. The average Bonchev–Trinajstić information content (AvgIpc) is 2.91. The maximum atomic E-state index is 11.2. The Bertz CT molecular complexity index is 426. The van der Waals surface area contributed by atoms with Gasteiger partial charge in [-0.05, 0) is 7.05 Å². The molecule has 0 aliphatic carbocycles. The molecule has 0 aromatic carbocycles. The van der Waals surface area contributed by atoms with Gasteiger partial charge in [-0.2, -0.15) is 0 Å². The number of carbonyl (C=O) groups is 1. The first kappa shape index (κ1) is 12.7. The molecule has 3 heterocycles. The second kappa shape index (κ2) is 4.36. The third-order valence-corrected chi connectivity index (χ3v) is 3.90. The van der Waals surface area contributed by atoms with E-state index in [-0.39, 0.29) is 6.61 Å². The molecule has 2 atom stereocenters. The Morgan fingerprint density at radius 2 is 2.00 bits per heavy atom. The van der Waals surface area contributed by atoms with Gasteiger partial charge >= 0.3 is 5.97 Å². The first-order valence-corrected chi connectivity index (χ1v) is 6.34. The van der Waals surface area contributed by atoms with Gasteiger partial charge in [0.25, 0.3) is 0 Å². The van der Waals surface area contributed by atoms with E-state index in [1.54, 1.807) is 0 Å². The van der Waals surface area contributed by atoms with Crippen molar-refractivity contribution in [3.8, 4) is 0 Å². The van der Waals surface area contributed by atoms with Crippen molar-refractivity contribution in [2.75, 3.05) is 26.7 Å². The number of hydrogen-bond acceptors (Lipinski definition) is 7. The van der Waals surface area contributed by atoms with Gasteiger partial charge < -0.3 is 29.3 Å². The molecular weight excluding hydrogens is 254 g/mol. The van der Waals surface area contributed by atoms with E-state index >= 15 is 0 Å². The Labute approximate surface area is 110 Å². The van der Waals surface area contributed by atoms with Gasteiger partial charge in [0.05, 0.1) is 6.61 Å². The van der Waals surface area contributed by atoms with Crippen molar-refractivity contribution < 1.29 is 29.2 Å². The SMILES string of the molecule is CN1CCC2(CC1)OCC(C1OC(=O)C(O)=C1O)O2. The van der Waals surface area contributed by atoms with Gasteiger partial charge in [-0.15, -0.1) is 0 Å². The number of piperidine rings is 1. The van der Waals surface area contributed by atoms with E-state index in [0.29, 0.717) is 0 Å². The Kier molecular flexibility index (Phi) is 2.92. The highest BCUT2D eigenvalue weighted by atomic mass is 16.8. The third-order valence-electron chi connectivity index (χ3n) is 3.90. The Hall–Kier alpha value is -1.31. The molecule has 0 aromatic heterocycles. The molecule has 2 N–H and O–H groups in total. The maximum absolute atomic E-state index is 11.2. The molecule has 1 spiro atoms. The Morgan fingerprint density at radius 3 is 2.58 bits per heavy atom. The number of aliphatic hydroxyl groups is 2. The van der Waals surface area contributed by atoms with Gasteiger partial charge in [0, 0.05) is 25.9 Å². The summed E-state index contributed by atoms with van der Waals surface area (Å²) in [5, 5.41) is 18.9. The second-order valence-electron chi connectivity index (χ2n) is 5.24. The van der Waals surface area contributed by atoms with Crippen LogP contribution in [-0.4, -0.2) is 65.8 Å². The van der Waals surface area contributed by atoms with Crippen LogP contribution in [0.2, 0.25) is 0 Å². The van der Waals surface area contributed by atoms with Crippen LogP contribution in [0.3, 0.4) is 0 Å². The number of carbonyl (C=O) groups excluding carboxylic acids is 1. The van der Waals surface area contributed by atoms with Crippen molar-refractivity contribution in [1.82, 2.24) is 4.90 Å². The fourth-order valence-electron chi connectivity index (χ4n) is 2.67. The summed E-state index contributed by atoms with van der Waals surface area (Å²) in [6, 6.07) is 0. The van der Waals surface area contributed by atoms with Crippen LogP contribution in [0.4, 0.5) is 0 Å². The quantitative estimate of drug-likeness (QED) is 0.653. The summed E-state index contributed by atoms with van der Waals surface area (Å²) in [4.78, 5) is 13.4. The van der Waals surface area contributed by atoms with Gasteiger partial charge in [-0.1, -0.05) is 0 Å². The van der Waals surface area contributed by atoms with Crippen LogP contribution in [0.1, 0.15) is 12.8 Å². The molecule has 3 aliphatic rings. The van der Waals surface area contributed by atoms with E-state index < -0.39 is 35.5 Å². The predicted molar refractivity (Wildman–Crippen MR) is 62.5 cm³/mol. The number of ether oxygens (including phenoxy) is 3. The predicted octanol–water partition coefficient (Wildman–Crippen LogP) is 0.0767. The number of cyclic esters (lactones) is 1. The molecule has 2 unspecified atom stereocenters. The first-order chi connectivity index (χ1) is 9.01. The lowest BCUT2D eigenvalue weighted by Crippen LogP contribution is -2.44. The molecule has 0 amide bonds. The molecule has 0 aromatic rings. The summed E-state index contributed by atoms with van der Waals surface area (Å²) in [5.41, 5.74) is 0. The van der Waals surface area contributed by atoms with Crippen LogP contribution in [0.5, 0.6) is 0 Å². The van der Waals surface area contributed by atoms with E-state index in [9.17, 15) is 15.0 Å². The molecule has 3 aliphatic heterocycles. The number of rotatable bonds is 1. The number of nitrogens with zero attached hydrogens (tertiary/aromatic N) is 1. The lowest BCUT2D eigenvalue weighted by atomic mass is 10.0. The highest BCUT2D eigenvalue weighted by molar-refractivity contribution is 5.89. The van der Waals surface area contributed by atoms with E-state index in [1.807, 2.05) is 7.05 Å². The normalized spacial score (nSPS) is 35.1. The minimum Gasteiger partial charge on any atom is -0.505 e. The molecule has 2 fully saturated rings. The van der Waals surface area contributed by atoms with Gasteiger partial charge in [-0.3, -0.25) is 0 Å². The molecule has 7 heteroatoms. The highest BCUT2D eigenvalue weighted by Crippen LogP contribution is 2.37. The highest BCUT2D eigenvalue weighted by Gasteiger charge is 2.50. The number of hydrogen-bond donors (Lipinski definition) is 2. The van der Waals surface area contributed by atoms with Gasteiger partial charge in [0.2, 0.25) is 5.76 Å². The molecule has 106 valence electrons. The van der Waals surface area contributed by atoms with E-state index in [4.69, 9.17) is 14.2 Å². The summed E-state index contributed by atoms with van der Waals surface area (Å²) >= 11 is 0. The average molecular weight is 271 g/mol. The third kappa shape index (κ3) is 2.07. The summed E-state index contributed by atoms with van der Waals surface area (Å²) < 4.78 is 16.5. The summed E-state index contributed by atoms with van der Waals surface area (Å²) in [6.07, 6.45) is -0.0719. The van der Waals surface area contributed by atoms with Crippen molar-refractivity contribution in [2.45, 2.75) is 30.8 Å². The van der Waals surface area contributed by atoms with Gasteiger partial charge in [0.1, 0.15) is 6.10 Å². The maximum Gasteiger partial charge on any atom is 0.377 e.